The van der Waals surface area contributed by atoms with Crippen LogP contribution < -0.4 is 0 Å². The van der Waals surface area contributed by atoms with Crippen LogP contribution in [-0.2, 0) is 24.8 Å². The molecule has 2 aliphatic rings. The fourth-order valence-electron chi connectivity index (χ4n) is 8.22. The van der Waals surface area contributed by atoms with Gasteiger partial charge >= 0.3 is 0 Å². The number of rotatable bonds is 3. The summed E-state index contributed by atoms with van der Waals surface area (Å²) in [7, 11) is 0. The molecular weight excluding hydrogens is 959 g/mol. The first-order chi connectivity index (χ1) is 30.6. The largest absolute Gasteiger partial charge is 0.507 e. The van der Waals surface area contributed by atoms with Crippen molar-refractivity contribution in [2.75, 3.05) is 0 Å². The quantitative estimate of drug-likeness (QED) is 0.177. The van der Waals surface area contributed by atoms with Crippen LogP contribution >= 0.6 is 0 Å². The molecule has 0 amide bonds. The van der Waals surface area contributed by atoms with Gasteiger partial charge in [0, 0.05) is 30.9 Å². The zero-order valence-corrected chi connectivity index (χ0v) is 36.0. The summed E-state index contributed by atoms with van der Waals surface area (Å²) >= 11 is 0. The van der Waals surface area contributed by atoms with Gasteiger partial charge in [-0.25, -0.2) is 4.99 Å². The van der Waals surface area contributed by atoms with Crippen LogP contribution in [0.25, 0.3) is 76.5 Å². The maximum absolute atomic E-state index is 9.71. The van der Waals surface area contributed by atoms with E-state index in [4.69, 9.17) is 4.74 Å². The summed E-state index contributed by atoms with van der Waals surface area (Å²) in [5, 5.41) is 38.0. The van der Waals surface area contributed by atoms with Crippen LogP contribution in [0.4, 0.5) is 0 Å². The van der Waals surface area contributed by atoms with E-state index in [1.54, 1.807) is 27.8 Å². The molecule has 2 unspecified atom stereocenters. The summed E-state index contributed by atoms with van der Waals surface area (Å²) in [6.45, 7) is 0. The first-order valence-electron chi connectivity index (χ1n) is 20.5. The minimum atomic E-state index is -0.0281. The molecule has 0 spiro atoms. The standard InChI is InChI=1S/2C20H13N3.C13H11NO2.Ir/c2*1-2-8-15-14(7-1)13-20(17-10-4-3-9-16(15)17)23-21-18-11-5-6-12-19(18)22-23;15-11-7-3-1-5-9(11)13-14-10-6-2-4-8-12(10)16-13;/h2*1-13H;1-8,10,12,15H;. The van der Waals surface area contributed by atoms with Gasteiger partial charge in [0.25, 0.3) is 0 Å². The Labute approximate surface area is 375 Å². The number of aromatic nitrogens is 6. The molecule has 3 heterocycles. The van der Waals surface area contributed by atoms with E-state index in [2.05, 4.69) is 135 Å². The van der Waals surface area contributed by atoms with Crippen molar-refractivity contribution in [3.63, 3.8) is 0 Å². The van der Waals surface area contributed by atoms with Crippen LogP contribution in [0, 0.1) is 0 Å². The average Bonchev–Trinajstić information content (AvgIpc) is 4.09. The molecule has 1 aliphatic heterocycles. The molecule has 0 fully saturated rings. The predicted octanol–water partition coefficient (Wildman–Crippen LogP) is 11.5. The number of allylic oxidation sites excluding steroid dienone is 2. The topological polar surface area (TPSA) is 103 Å². The third-order valence-corrected chi connectivity index (χ3v) is 11.2. The molecule has 11 aromatic rings. The number of phenols is 1. The summed E-state index contributed by atoms with van der Waals surface area (Å²) in [4.78, 5) is 7.94. The van der Waals surface area contributed by atoms with Crippen molar-refractivity contribution in [3.05, 3.63) is 212 Å². The number of nitrogens with zero attached hydrogens (tertiary/aromatic N) is 7. The van der Waals surface area contributed by atoms with Crippen LogP contribution in [0.1, 0.15) is 5.56 Å². The maximum atomic E-state index is 9.71. The second kappa shape index (κ2) is 16.9. The van der Waals surface area contributed by atoms with Gasteiger partial charge in [0.1, 0.15) is 40.0 Å². The van der Waals surface area contributed by atoms with Crippen molar-refractivity contribution >= 4 is 71.1 Å². The van der Waals surface area contributed by atoms with Gasteiger partial charge in [-0.05, 0) is 86.9 Å². The van der Waals surface area contributed by atoms with Gasteiger partial charge in [-0.1, -0.05) is 152 Å². The Kier molecular flexibility index (Phi) is 10.6. The molecule has 305 valence electrons. The average molecular weight is 996 g/mol. The normalized spacial score (nSPS) is 15.0. The smallest absolute Gasteiger partial charge is 0.221 e. The Balaban J connectivity index is 0.000000113. The van der Waals surface area contributed by atoms with Gasteiger partial charge < -0.3 is 9.84 Å². The van der Waals surface area contributed by atoms with Crippen LogP contribution in [0.2, 0.25) is 0 Å². The molecule has 0 bridgehead atoms. The molecule has 0 saturated heterocycles. The predicted molar refractivity (Wildman–Crippen MR) is 249 cm³/mol. The van der Waals surface area contributed by atoms with E-state index in [-0.39, 0.29) is 38.0 Å². The van der Waals surface area contributed by atoms with Crippen molar-refractivity contribution < 1.29 is 29.9 Å². The minimum Gasteiger partial charge on any atom is -0.507 e. The van der Waals surface area contributed by atoms with E-state index in [0.29, 0.717) is 11.5 Å². The number of aliphatic imine (C=N–C) groups is 1. The number of hydrogen-bond acceptors (Lipinski definition) is 7. The van der Waals surface area contributed by atoms with Gasteiger partial charge in [0.2, 0.25) is 5.90 Å². The van der Waals surface area contributed by atoms with Crippen LogP contribution in [0.5, 0.6) is 5.75 Å². The maximum Gasteiger partial charge on any atom is 0.221 e. The molecular formula is C53H37IrN7O2. The summed E-state index contributed by atoms with van der Waals surface area (Å²) in [5.41, 5.74) is 6.30. The summed E-state index contributed by atoms with van der Waals surface area (Å²) < 4.78 is 5.68. The number of ether oxygens (including phenoxy) is 1. The number of para-hydroxylation sites is 1. The van der Waals surface area contributed by atoms with E-state index < -0.39 is 0 Å². The monoisotopic (exact) mass is 996 g/mol. The van der Waals surface area contributed by atoms with Crippen molar-refractivity contribution in [2.24, 2.45) is 4.99 Å². The van der Waals surface area contributed by atoms with E-state index in [9.17, 15) is 5.11 Å². The summed E-state index contributed by atoms with van der Waals surface area (Å²) in [6.07, 6.45) is 7.85. The Morgan fingerprint density at radius 2 is 0.825 bits per heavy atom. The van der Waals surface area contributed by atoms with Gasteiger partial charge in [-0.3, -0.25) is 0 Å². The van der Waals surface area contributed by atoms with Gasteiger partial charge in [0.05, 0.1) is 16.9 Å². The minimum absolute atomic E-state index is 0. The second-order valence-corrected chi connectivity index (χ2v) is 15.1. The van der Waals surface area contributed by atoms with Crippen LogP contribution in [0.15, 0.2) is 211 Å². The Morgan fingerprint density at radius 1 is 0.429 bits per heavy atom. The first-order valence-corrected chi connectivity index (χ1v) is 20.5. The molecule has 0 saturated carbocycles. The first kappa shape index (κ1) is 39.4. The third-order valence-electron chi connectivity index (χ3n) is 11.2. The van der Waals surface area contributed by atoms with Gasteiger partial charge in [-0.2, -0.15) is 0 Å². The molecule has 2 atom stereocenters. The van der Waals surface area contributed by atoms with E-state index in [1.165, 1.54) is 32.3 Å². The summed E-state index contributed by atoms with van der Waals surface area (Å²) in [5.74, 6) is 0.720. The Morgan fingerprint density at radius 3 is 1.30 bits per heavy atom. The van der Waals surface area contributed by atoms with E-state index >= 15 is 0 Å². The number of aromatic hydroxyl groups is 1. The second-order valence-electron chi connectivity index (χ2n) is 15.1. The Hall–Kier alpha value is -7.78. The molecule has 63 heavy (non-hydrogen) atoms. The SMILES string of the molecule is Oc1ccccc1C1=NC2C=CC=CC2O1.[Ir].c1ccc2c(c1)cc(-n1nc3ccccc3n1)c1ccccc12.c1ccc2c(c1)cc(-n1nc3ccccc3n1)c1ccccc12. The molecule has 1 radical (unpaired) electrons. The van der Waals surface area contributed by atoms with Gasteiger partial charge in [0.15, 0.2) is 0 Å². The van der Waals surface area contributed by atoms with Crippen molar-refractivity contribution in [1.29, 1.82) is 0 Å². The van der Waals surface area contributed by atoms with E-state index in [1.807, 2.05) is 78.9 Å². The van der Waals surface area contributed by atoms with Gasteiger partial charge in [-0.15, -0.1) is 30.0 Å². The van der Waals surface area contributed by atoms with Crippen molar-refractivity contribution in [2.45, 2.75) is 12.1 Å². The molecule has 9 nitrogen and oxygen atoms in total. The fourth-order valence-corrected chi connectivity index (χ4v) is 8.22. The third kappa shape index (κ3) is 7.52. The zero-order chi connectivity index (χ0) is 41.4. The fraction of sp³-hybridized carbons (Fsp3) is 0.0377. The molecule has 1 N–H and O–H groups in total. The number of benzene rings is 9. The van der Waals surface area contributed by atoms with Crippen LogP contribution in [-0.4, -0.2) is 53.1 Å². The molecule has 9 aromatic carbocycles. The molecule has 1 aliphatic carbocycles. The molecule has 10 heteroatoms. The number of hydrogen-bond donors (Lipinski definition) is 1. The van der Waals surface area contributed by atoms with Crippen LogP contribution in [0.3, 0.4) is 0 Å². The molecule has 2 aromatic heterocycles. The Bertz CT molecular complexity index is 3320. The van der Waals surface area contributed by atoms with E-state index in [0.717, 1.165) is 44.2 Å². The van der Waals surface area contributed by atoms with Crippen molar-refractivity contribution in [1.82, 2.24) is 30.0 Å². The number of phenolic OH excluding ortho intramolecular Hbond substituents is 1. The summed E-state index contributed by atoms with van der Waals surface area (Å²) in [6, 6.07) is 61.1. The number of fused-ring (bicyclic) bond motifs is 9. The van der Waals surface area contributed by atoms with Crippen molar-refractivity contribution in [3.8, 4) is 17.1 Å². The zero-order valence-electron chi connectivity index (χ0n) is 33.6. The molecule has 13 rings (SSSR count).